The number of para-hydroxylation sites is 1. The van der Waals surface area contributed by atoms with Crippen molar-refractivity contribution < 1.29 is 41.7 Å². The van der Waals surface area contributed by atoms with E-state index in [0.29, 0.717) is 22.4 Å². The molecule has 0 N–H and O–H groups in total. The maximum absolute atomic E-state index is 12.4. The number of alkyl halides is 2. The summed E-state index contributed by atoms with van der Waals surface area (Å²) in [4.78, 5) is 0.540. The van der Waals surface area contributed by atoms with Crippen LogP contribution < -0.4 is 28.5 Å². The number of furan rings is 1. The van der Waals surface area contributed by atoms with Crippen LogP contribution in [0, 0.1) is 0 Å². The van der Waals surface area contributed by atoms with Gasteiger partial charge in [-0.1, -0.05) is 47.4 Å². The Kier molecular flexibility index (Phi) is 6.90. The lowest BCUT2D eigenvalue weighted by atomic mass is 10.2. The first-order valence-electron chi connectivity index (χ1n) is 8.31. The van der Waals surface area contributed by atoms with Gasteiger partial charge in [0.1, 0.15) is 23.3 Å². The average Bonchev–Trinajstić information content (AvgIpc) is 3.25. The van der Waals surface area contributed by atoms with Crippen LogP contribution in [-0.2, 0) is 7.05 Å². The predicted molar refractivity (Wildman–Crippen MR) is 108 cm³/mol. The number of halogens is 3. The van der Waals surface area contributed by atoms with Gasteiger partial charge in [-0.2, -0.15) is 13.3 Å². The third kappa shape index (κ3) is 4.64. The summed E-state index contributed by atoms with van der Waals surface area (Å²) in [7, 11) is 2.05. The molecule has 2 aromatic carbocycles. The molecule has 28 heavy (non-hydrogen) atoms. The van der Waals surface area contributed by atoms with Crippen molar-refractivity contribution in [1.29, 1.82) is 0 Å². The molecule has 0 fully saturated rings. The smallest absolute Gasteiger partial charge is 0.288 e. The van der Waals surface area contributed by atoms with E-state index in [0.717, 1.165) is 16.3 Å². The zero-order valence-corrected chi connectivity index (χ0v) is 18.6. The lowest BCUT2D eigenvalue weighted by Crippen LogP contribution is -3.00. The second-order valence-corrected chi connectivity index (χ2v) is 8.03. The molecule has 0 unspecified atom stereocenters. The zero-order valence-electron chi connectivity index (χ0n) is 14.8. The highest BCUT2D eigenvalue weighted by Gasteiger charge is 2.13. The van der Waals surface area contributed by atoms with Crippen LogP contribution in [0.15, 0.2) is 70.0 Å². The van der Waals surface area contributed by atoms with Gasteiger partial charge in [0.2, 0.25) is 5.52 Å². The Labute approximate surface area is 186 Å². The average molecular weight is 527 g/mol. The summed E-state index contributed by atoms with van der Waals surface area (Å²) in [5, 5.41) is 1.13. The Morgan fingerprint density at radius 2 is 1.75 bits per heavy atom. The second-order valence-electron chi connectivity index (χ2n) is 5.91. The lowest BCUT2D eigenvalue weighted by Gasteiger charge is -2.01. The van der Waals surface area contributed by atoms with Gasteiger partial charge in [-0.3, -0.25) is 0 Å². The molecule has 0 radical (unpaired) electrons. The molecule has 2 heterocycles. The molecule has 0 aliphatic heterocycles. The van der Waals surface area contributed by atoms with Crippen molar-refractivity contribution in [1.82, 2.24) is 0 Å². The van der Waals surface area contributed by atoms with E-state index in [4.69, 9.17) is 4.42 Å². The number of rotatable bonds is 5. The minimum atomic E-state index is -2.41. The van der Waals surface area contributed by atoms with E-state index in [1.807, 2.05) is 43.5 Å². The van der Waals surface area contributed by atoms with E-state index in [1.165, 1.54) is 10.2 Å². The summed E-state index contributed by atoms with van der Waals surface area (Å²) in [6.07, 6.45) is 3.98. The number of hydrogen-bond acceptors (Lipinski definition) is 3. The maximum Gasteiger partial charge on any atom is 0.288 e. The second kappa shape index (κ2) is 9.19. The molecule has 0 saturated carbocycles. The standard InChI is InChI=1S/C21H16F2NOS2.HI/c1-24-17-4-2-3-5-19(17)27-20(24)13-9-15-8-12-18(25-15)14-6-10-16(11-7-14)26-21(22)23;/h2-13,21H,1H3;1H/q+1;/p-1. The first kappa shape index (κ1) is 21.0. The van der Waals surface area contributed by atoms with Gasteiger partial charge in [0.25, 0.3) is 10.8 Å². The summed E-state index contributed by atoms with van der Waals surface area (Å²) in [6.45, 7) is 0. The van der Waals surface area contributed by atoms with Crippen molar-refractivity contribution in [2.75, 3.05) is 0 Å². The van der Waals surface area contributed by atoms with Gasteiger partial charge in [-0.25, -0.2) is 0 Å². The van der Waals surface area contributed by atoms with Crippen molar-refractivity contribution >= 4 is 45.5 Å². The fourth-order valence-electron chi connectivity index (χ4n) is 2.82. The molecule has 0 atom stereocenters. The number of fused-ring (bicyclic) bond motifs is 1. The van der Waals surface area contributed by atoms with Crippen LogP contribution >= 0.6 is 23.1 Å². The number of benzene rings is 2. The number of thioether (sulfide) groups is 1. The Morgan fingerprint density at radius 1 is 1.00 bits per heavy atom. The van der Waals surface area contributed by atoms with E-state index in [-0.39, 0.29) is 24.0 Å². The molecule has 2 aromatic heterocycles. The quantitative estimate of drug-likeness (QED) is 0.225. The molecule has 144 valence electrons. The van der Waals surface area contributed by atoms with E-state index in [1.54, 1.807) is 35.6 Å². The molecule has 0 bridgehead atoms. The van der Waals surface area contributed by atoms with Gasteiger partial charge >= 0.3 is 0 Å². The first-order chi connectivity index (χ1) is 13.1. The molecular weight excluding hydrogens is 511 g/mol. The predicted octanol–water partition coefficient (Wildman–Crippen LogP) is 3.47. The highest BCUT2D eigenvalue weighted by molar-refractivity contribution is 7.99. The zero-order chi connectivity index (χ0) is 18.8. The van der Waals surface area contributed by atoms with E-state index < -0.39 is 5.76 Å². The van der Waals surface area contributed by atoms with Crippen LogP contribution in [0.2, 0.25) is 0 Å². The van der Waals surface area contributed by atoms with Crippen molar-refractivity contribution in [2.45, 2.75) is 10.7 Å². The van der Waals surface area contributed by atoms with Crippen LogP contribution in [0.3, 0.4) is 0 Å². The van der Waals surface area contributed by atoms with Crippen LogP contribution in [0.5, 0.6) is 0 Å². The monoisotopic (exact) mass is 527 g/mol. The third-order valence-electron chi connectivity index (χ3n) is 4.15. The summed E-state index contributed by atoms with van der Waals surface area (Å²) in [5.41, 5.74) is 2.06. The number of nitrogens with zero attached hydrogens (tertiary/aromatic N) is 1. The van der Waals surface area contributed by atoms with Crippen LogP contribution in [0.1, 0.15) is 10.8 Å². The number of aromatic nitrogens is 1. The number of aryl methyl sites for hydroxylation is 1. The third-order valence-corrected chi connectivity index (χ3v) is 6.06. The SMILES string of the molecule is C[n+]1c(C=Cc2ccc(-c3ccc(SC(F)F)cc3)o2)sc2ccccc21.[I-]. The largest absolute Gasteiger partial charge is 1.00 e. The summed E-state index contributed by atoms with van der Waals surface area (Å²) in [6, 6.07) is 19.0. The van der Waals surface area contributed by atoms with Gasteiger partial charge in [-0.15, -0.1) is 0 Å². The fraction of sp³-hybridized carbons (Fsp3) is 0.0952. The summed E-state index contributed by atoms with van der Waals surface area (Å²) in [5.74, 6) is -0.955. The summed E-state index contributed by atoms with van der Waals surface area (Å²) >= 11 is 2.26. The van der Waals surface area contributed by atoms with Crippen LogP contribution in [-0.4, -0.2) is 5.76 Å². The van der Waals surface area contributed by atoms with Gasteiger partial charge in [0.15, 0.2) is 0 Å². The van der Waals surface area contributed by atoms with Crippen LogP contribution in [0.25, 0.3) is 33.7 Å². The Balaban J connectivity index is 0.00000225. The van der Waals surface area contributed by atoms with E-state index in [2.05, 4.69) is 16.7 Å². The minimum absolute atomic E-state index is 0. The number of hydrogen-bond donors (Lipinski definition) is 0. The number of thiazole rings is 1. The topological polar surface area (TPSA) is 17.0 Å². The van der Waals surface area contributed by atoms with E-state index >= 15 is 0 Å². The highest BCUT2D eigenvalue weighted by atomic mass is 127. The van der Waals surface area contributed by atoms with Crippen molar-refractivity contribution in [3.05, 3.63) is 71.4 Å². The van der Waals surface area contributed by atoms with Gasteiger partial charge in [-0.05, 0) is 36.4 Å². The Hall–Kier alpha value is -1.71. The molecule has 4 aromatic rings. The highest BCUT2D eigenvalue weighted by Crippen LogP contribution is 2.29. The molecule has 7 heteroatoms. The van der Waals surface area contributed by atoms with Crippen LogP contribution in [0.4, 0.5) is 8.78 Å². The minimum Gasteiger partial charge on any atom is -1.00 e. The fourth-order valence-corrected chi connectivity index (χ4v) is 4.37. The molecule has 4 rings (SSSR count). The molecule has 0 saturated heterocycles. The van der Waals surface area contributed by atoms with Crippen molar-refractivity contribution in [3.8, 4) is 11.3 Å². The first-order valence-corrected chi connectivity index (χ1v) is 10.0. The Bertz CT molecular complexity index is 1100. The molecule has 0 aliphatic rings. The molecule has 2 nitrogen and oxygen atoms in total. The van der Waals surface area contributed by atoms with Crippen molar-refractivity contribution in [3.63, 3.8) is 0 Å². The Morgan fingerprint density at radius 3 is 2.46 bits per heavy atom. The maximum atomic E-state index is 12.4. The van der Waals surface area contributed by atoms with Gasteiger partial charge < -0.3 is 28.4 Å². The molecular formula is C21H16F2INOS2. The van der Waals surface area contributed by atoms with Crippen molar-refractivity contribution in [2.24, 2.45) is 7.05 Å². The van der Waals surface area contributed by atoms with Gasteiger partial charge in [0.05, 0.1) is 0 Å². The normalized spacial score (nSPS) is 11.4. The van der Waals surface area contributed by atoms with E-state index in [9.17, 15) is 8.78 Å². The summed E-state index contributed by atoms with van der Waals surface area (Å²) < 4.78 is 34.1. The lowest BCUT2D eigenvalue weighted by molar-refractivity contribution is -0.642. The van der Waals surface area contributed by atoms with Gasteiger partial charge in [0, 0.05) is 22.6 Å². The molecule has 0 aliphatic carbocycles. The molecule has 0 amide bonds. The molecule has 0 spiro atoms.